The molecule has 2 N–H and O–H groups in total. The molecule has 4 heteroatoms. The Morgan fingerprint density at radius 2 is 2.36 bits per heavy atom. The second-order valence-corrected chi connectivity index (χ2v) is 4.45. The van der Waals surface area contributed by atoms with Crippen LogP contribution in [0.2, 0.25) is 0 Å². The standard InChI is InChI=1S/C10H18N2O2/c1-12-7-2-4-8(12)10(9(13)14)5-3-6-11-10/h8,11H,2-7H2,1H3,(H,13,14). The van der Waals surface area contributed by atoms with Crippen LogP contribution in [0.15, 0.2) is 0 Å². The quantitative estimate of drug-likeness (QED) is 0.669. The summed E-state index contributed by atoms with van der Waals surface area (Å²) in [4.78, 5) is 13.6. The van der Waals surface area contributed by atoms with Crippen molar-refractivity contribution in [3.63, 3.8) is 0 Å². The smallest absolute Gasteiger partial charge is 0.325 e. The van der Waals surface area contributed by atoms with Crippen molar-refractivity contribution in [1.29, 1.82) is 0 Å². The predicted molar refractivity (Wildman–Crippen MR) is 53.3 cm³/mol. The Labute approximate surface area is 84.3 Å². The van der Waals surface area contributed by atoms with Gasteiger partial charge in [0.1, 0.15) is 5.54 Å². The highest BCUT2D eigenvalue weighted by Gasteiger charge is 2.50. The molecule has 0 aromatic heterocycles. The van der Waals surface area contributed by atoms with Crippen LogP contribution in [0.4, 0.5) is 0 Å². The molecule has 4 nitrogen and oxygen atoms in total. The lowest BCUT2D eigenvalue weighted by Crippen LogP contribution is -2.60. The Kier molecular flexibility index (Phi) is 2.49. The average Bonchev–Trinajstić information content (AvgIpc) is 2.72. The van der Waals surface area contributed by atoms with Gasteiger partial charge in [0.25, 0.3) is 0 Å². The van der Waals surface area contributed by atoms with Crippen molar-refractivity contribution in [2.75, 3.05) is 20.1 Å². The zero-order chi connectivity index (χ0) is 10.2. The Bertz CT molecular complexity index is 236. The van der Waals surface area contributed by atoms with E-state index in [1.54, 1.807) is 0 Å². The summed E-state index contributed by atoms with van der Waals surface area (Å²) in [5.41, 5.74) is -0.661. The normalized spacial score (nSPS) is 39.1. The summed E-state index contributed by atoms with van der Waals surface area (Å²) in [7, 11) is 2.03. The van der Waals surface area contributed by atoms with Gasteiger partial charge >= 0.3 is 5.97 Å². The molecule has 0 aliphatic carbocycles. The summed E-state index contributed by atoms with van der Waals surface area (Å²) in [5, 5.41) is 12.6. The van der Waals surface area contributed by atoms with Gasteiger partial charge in [-0.15, -0.1) is 0 Å². The van der Waals surface area contributed by atoms with Crippen LogP contribution < -0.4 is 5.32 Å². The lowest BCUT2D eigenvalue weighted by molar-refractivity contribution is -0.146. The monoisotopic (exact) mass is 198 g/mol. The van der Waals surface area contributed by atoms with Crippen molar-refractivity contribution in [1.82, 2.24) is 10.2 Å². The molecular formula is C10H18N2O2. The molecule has 0 saturated carbocycles. The molecule has 0 radical (unpaired) electrons. The molecule has 14 heavy (non-hydrogen) atoms. The number of likely N-dealkylation sites (N-methyl/N-ethyl adjacent to an activating group) is 1. The summed E-state index contributed by atoms with van der Waals surface area (Å²) in [5.74, 6) is -0.672. The summed E-state index contributed by atoms with van der Waals surface area (Å²) >= 11 is 0. The molecule has 2 fully saturated rings. The zero-order valence-electron chi connectivity index (χ0n) is 8.62. The first-order chi connectivity index (χ1) is 6.67. The number of hydrogen-bond acceptors (Lipinski definition) is 3. The van der Waals surface area contributed by atoms with E-state index >= 15 is 0 Å². The summed E-state index contributed by atoms with van der Waals surface area (Å²) in [6.07, 6.45) is 3.89. The maximum absolute atomic E-state index is 11.4. The Hall–Kier alpha value is -0.610. The van der Waals surface area contributed by atoms with E-state index in [-0.39, 0.29) is 6.04 Å². The fourth-order valence-corrected chi connectivity index (χ4v) is 2.91. The summed E-state index contributed by atoms with van der Waals surface area (Å²) < 4.78 is 0. The second-order valence-electron chi connectivity index (χ2n) is 4.45. The van der Waals surface area contributed by atoms with Crippen LogP contribution in [0, 0.1) is 0 Å². The number of rotatable bonds is 2. The first-order valence-corrected chi connectivity index (χ1v) is 5.35. The summed E-state index contributed by atoms with van der Waals surface area (Å²) in [6.45, 7) is 1.87. The Morgan fingerprint density at radius 1 is 1.57 bits per heavy atom. The molecule has 0 aromatic rings. The van der Waals surface area contributed by atoms with Gasteiger partial charge in [0.05, 0.1) is 0 Å². The minimum Gasteiger partial charge on any atom is -0.480 e. The minimum absolute atomic E-state index is 0.183. The average molecular weight is 198 g/mol. The number of nitrogens with zero attached hydrogens (tertiary/aromatic N) is 1. The van der Waals surface area contributed by atoms with Crippen LogP contribution in [-0.4, -0.2) is 47.7 Å². The van der Waals surface area contributed by atoms with E-state index in [0.717, 1.165) is 38.8 Å². The highest BCUT2D eigenvalue weighted by molar-refractivity contribution is 5.80. The van der Waals surface area contributed by atoms with Crippen molar-refractivity contribution in [3.05, 3.63) is 0 Å². The third kappa shape index (κ3) is 1.33. The SMILES string of the molecule is CN1CCCC1C1(C(=O)O)CCCN1. The van der Waals surface area contributed by atoms with Gasteiger partial charge in [-0.2, -0.15) is 0 Å². The van der Waals surface area contributed by atoms with Gasteiger partial charge in [-0.25, -0.2) is 0 Å². The molecule has 2 unspecified atom stereocenters. The van der Waals surface area contributed by atoms with Crippen molar-refractivity contribution < 1.29 is 9.90 Å². The third-order valence-corrected chi connectivity index (χ3v) is 3.66. The number of likely N-dealkylation sites (tertiary alicyclic amines) is 1. The van der Waals surface area contributed by atoms with E-state index in [4.69, 9.17) is 0 Å². The molecular weight excluding hydrogens is 180 g/mol. The van der Waals surface area contributed by atoms with Crippen LogP contribution in [-0.2, 0) is 4.79 Å². The molecule has 2 aliphatic heterocycles. The molecule has 2 aliphatic rings. The number of carboxylic acid groups (broad SMARTS) is 1. The van der Waals surface area contributed by atoms with E-state index in [1.165, 1.54) is 0 Å². The van der Waals surface area contributed by atoms with Crippen molar-refractivity contribution in [2.24, 2.45) is 0 Å². The Balaban J connectivity index is 2.21. The number of nitrogens with one attached hydrogen (secondary N) is 1. The van der Waals surface area contributed by atoms with Gasteiger partial charge in [-0.05, 0) is 45.8 Å². The molecule has 2 atom stereocenters. The fourth-order valence-electron chi connectivity index (χ4n) is 2.91. The number of hydrogen-bond donors (Lipinski definition) is 2. The van der Waals surface area contributed by atoms with Gasteiger partial charge in [0.2, 0.25) is 0 Å². The predicted octanol–water partition coefficient (Wildman–Crippen LogP) is 0.287. The number of carboxylic acids is 1. The molecule has 80 valence electrons. The number of carbonyl (C=O) groups is 1. The van der Waals surface area contributed by atoms with Gasteiger partial charge < -0.3 is 15.3 Å². The highest BCUT2D eigenvalue weighted by Crippen LogP contribution is 2.32. The minimum atomic E-state index is -0.672. The molecule has 0 aromatic carbocycles. The molecule has 2 rings (SSSR count). The fraction of sp³-hybridized carbons (Fsp3) is 0.900. The van der Waals surface area contributed by atoms with Gasteiger partial charge in [0.15, 0.2) is 0 Å². The molecule has 0 spiro atoms. The van der Waals surface area contributed by atoms with E-state index in [2.05, 4.69) is 10.2 Å². The van der Waals surface area contributed by atoms with Crippen molar-refractivity contribution in [2.45, 2.75) is 37.3 Å². The molecule has 0 bridgehead atoms. The van der Waals surface area contributed by atoms with Gasteiger partial charge in [-0.1, -0.05) is 0 Å². The van der Waals surface area contributed by atoms with Crippen LogP contribution in [0.25, 0.3) is 0 Å². The van der Waals surface area contributed by atoms with Crippen molar-refractivity contribution in [3.8, 4) is 0 Å². The zero-order valence-corrected chi connectivity index (χ0v) is 8.62. The third-order valence-electron chi connectivity index (χ3n) is 3.66. The first-order valence-electron chi connectivity index (χ1n) is 5.35. The second kappa shape index (κ2) is 3.51. The van der Waals surface area contributed by atoms with Crippen LogP contribution in [0.3, 0.4) is 0 Å². The van der Waals surface area contributed by atoms with Crippen LogP contribution in [0.5, 0.6) is 0 Å². The maximum atomic E-state index is 11.4. The van der Waals surface area contributed by atoms with Crippen LogP contribution in [0.1, 0.15) is 25.7 Å². The van der Waals surface area contributed by atoms with Gasteiger partial charge in [0, 0.05) is 6.04 Å². The van der Waals surface area contributed by atoms with Crippen molar-refractivity contribution >= 4 is 5.97 Å². The molecule has 0 amide bonds. The summed E-state index contributed by atoms with van der Waals surface area (Å²) in [6, 6.07) is 0.183. The highest BCUT2D eigenvalue weighted by atomic mass is 16.4. The topological polar surface area (TPSA) is 52.6 Å². The lowest BCUT2D eigenvalue weighted by atomic mass is 9.87. The number of aliphatic carboxylic acids is 1. The maximum Gasteiger partial charge on any atom is 0.325 e. The largest absolute Gasteiger partial charge is 0.480 e. The molecule has 2 heterocycles. The van der Waals surface area contributed by atoms with E-state index < -0.39 is 11.5 Å². The lowest BCUT2D eigenvalue weighted by Gasteiger charge is -2.35. The molecule has 2 saturated heterocycles. The van der Waals surface area contributed by atoms with Crippen LogP contribution >= 0.6 is 0 Å². The Morgan fingerprint density at radius 3 is 2.79 bits per heavy atom. The van der Waals surface area contributed by atoms with Gasteiger partial charge in [-0.3, -0.25) is 4.79 Å². The van der Waals surface area contributed by atoms with E-state index in [1.807, 2.05) is 7.05 Å². The first kappa shape index (κ1) is 9.93. The van der Waals surface area contributed by atoms with E-state index in [0.29, 0.717) is 0 Å². The van der Waals surface area contributed by atoms with E-state index in [9.17, 15) is 9.90 Å².